The lowest BCUT2D eigenvalue weighted by molar-refractivity contribution is -0.113. The van der Waals surface area contributed by atoms with Crippen molar-refractivity contribution in [1.82, 2.24) is 0 Å². The summed E-state index contributed by atoms with van der Waals surface area (Å²) in [6.07, 6.45) is 0.0226. The minimum Gasteiger partial charge on any atom is -0.491 e. The number of nitrogens with one attached hydrogen (secondary N) is 3. The second-order valence-corrected chi connectivity index (χ2v) is 8.89. The van der Waals surface area contributed by atoms with Gasteiger partial charge in [-0.1, -0.05) is 18.2 Å². The Kier molecular flexibility index (Phi) is 7.15. The minimum atomic E-state index is -3.85. The number of amides is 1. The zero-order chi connectivity index (χ0) is 22.3. The molecular formula is C23H25N3O4S. The Morgan fingerprint density at radius 3 is 1.97 bits per heavy atom. The van der Waals surface area contributed by atoms with E-state index in [4.69, 9.17) is 4.74 Å². The van der Waals surface area contributed by atoms with Crippen LogP contribution in [0.15, 0.2) is 78.9 Å². The molecule has 3 aromatic carbocycles. The number of benzene rings is 3. The molecule has 3 aromatic rings. The van der Waals surface area contributed by atoms with Gasteiger partial charge in [-0.25, -0.2) is 8.42 Å². The monoisotopic (exact) mass is 439 g/mol. The van der Waals surface area contributed by atoms with E-state index in [1.807, 2.05) is 44.2 Å². The van der Waals surface area contributed by atoms with Crippen LogP contribution in [-0.2, 0) is 14.8 Å². The molecule has 0 spiro atoms. The lowest BCUT2D eigenvalue weighted by atomic mass is 10.2. The average Bonchev–Trinajstić information content (AvgIpc) is 2.71. The van der Waals surface area contributed by atoms with E-state index < -0.39 is 21.7 Å². The first-order valence-electron chi connectivity index (χ1n) is 9.78. The molecule has 0 unspecified atom stereocenters. The fourth-order valence-electron chi connectivity index (χ4n) is 2.78. The number of sulfonamides is 1. The summed E-state index contributed by atoms with van der Waals surface area (Å²) in [5.74, 6) is -0.682. The highest BCUT2D eigenvalue weighted by molar-refractivity contribution is 7.93. The van der Waals surface area contributed by atoms with Crippen LogP contribution in [0.25, 0.3) is 0 Å². The van der Waals surface area contributed by atoms with Gasteiger partial charge >= 0.3 is 0 Å². The highest BCUT2D eigenvalue weighted by Gasteiger charge is 2.17. The molecule has 0 saturated carbocycles. The standard InChI is InChI=1S/C23H25N3O4S/c1-17(2)30-22-14-12-21(13-15-22)26-31(28,29)16-23(27)25-20-10-8-19(9-11-20)24-18-6-4-3-5-7-18/h3-15,17,24,26H,16H2,1-2H3,(H,25,27). The van der Waals surface area contributed by atoms with E-state index in [-0.39, 0.29) is 6.10 Å². The lowest BCUT2D eigenvalue weighted by Gasteiger charge is -2.12. The van der Waals surface area contributed by atoms with Crippen molar-refractivity contribution in [3.63, 3.8) is 0 Å². The number of anilines is 4. The predicted molar refractivity (Wildman–Crippen MR) is 124 cm³/mol. The van der Waals surface area contributed by atoms with Crippen LogP contribution in [0.5, 0.6) is 5.75 Å². The quantitative estimate of drug-likeness (QED) is 0.453. The largest absolute Gasteiger partial charge is 0.491 e. The number of rotatable bonds is 9. The molecule has 0 aliphatic rings. The molecule has 0 bridgehead atoms. The van der Waals surface area contributed by atoms with Crippen molar-refractivity contribution in [3.8, 4) is 5.75 Å². The molecule has 1 amide bonds. The number of para-hydroxylation sites is 1. The molecule has 0 aliphatic heterocycles. The third-order valence-corrected chi connectivity index (χ3v) is 5.24. The van der Waals surface area contributed by atoms with Gasteiger partial charge < -0.3 is 15.4 Å². The van der Waals surface area contributed by atoms with E-state index in [0.29, 0.717) is 17.1 Å². The van der Waals surface area contributed by atoms with Crippen LogP contribution in [-0.4, -0.2) is 26.2 Å². The molecule has 0 radical (unpaired) electrons. The summed E-state index contributed by atoms with van der Waals surface area (Å²) in [7, 11) is -3.85. The van der Waals surface area contributed by atoms with Gasteiger partial charge in [0.1, 0.15) is 11.5 Å². The Bertz CT molecular complexity index is 1100. The van der Waals surface area contributed by atoms with Crippen LogP contribution < -0.4 is 20.1 Å². The maximum absolute atomic E-state index is 12.3. The van der Waals surface area contributed by atoms with Crippen molar-refractivity contribution in [2.45, 2.75) is 20.0 Å². The molecule has 3 rings (SSSR count). The van der Waals surface area contributed by atoms with Crippen LogP contribution >= 0.6 is 0 Å². The van der Waals surface area contributed by atoms with E-state index >= 15 is 0 Å². The number of ether oxygens (including phenoxy) is 1. The SMILES string of the molecule is CC(C)Oc1ccc(NS(=O)(=O)CC(=O)Nc2ccc(Nc3ccccc3)cc2)cc1. The van der Waals surface area contributed by atoms with E-state index in [2.05, 4.69) is 15.4 Å². The fraction of sp³-hybridized carbons (Fsp3) is 0.174. The topological polar surface area (TPSA) is 96.5 Å². The van der Waals surface area contributed by atoms with Gasteiger partial charge in [0, 0.05) is 22.7 Å². The van der Waals surface area contributed by atoms with Gasteiger partial charge in [-0.3, -0.25) is 9.52 Å². The third kappa shape index (κ3) is 7.35. The molecular weight excluding hydrogens is 414 g/mol. The van der Waals surface area contributed by atoms with E-state index in [1.165, 1.54) is 0 Å². The number of hydrogen-bond donors (Lipinski definition) is 3. The fourth-order valence-corrected chi connectivity index (χ4v) is 3.77. The number of hydrogen-bond acceptors (Lipinski definition) is 5. The van der Waals surface area contributed by atoms with Crippen LogP contribution in [0.2, 0.25) is 0 Å². The molecule has 0 aliphatic carbocycles. The van der Waals surface area contributed by atoms with Crippen molar-refractivity contribution in [2.75, 3.05) is 21.1 Å². The summed E-state index contributed by atoms with van der Waals surface area (Å²) < 4.78 is 32.5. The van der Waals surface area contributed by atoms with Crippen molar-refractivity contribution in [3.05, 3.63) is 78.9 Å². The van der Waals surface area contributed by atoms with Gasteiger partial charge in [-0.2, -0.15) is 0 Å². The van der Waals surface area contributed by atoms with Crippen LogP contribution in [0.4, 0.5) is 22.7 Å². The molecule has 0 heterocycles. The zero-order valence-electron chi connectivity index (χ0n) is 17.3. The lowest BCUT2D eigenvalue weighted by Crippen LogP contribution is -2.27. The maximum Gasteiger partial charge on any atom is 0.241 e. The van der Waals surface area contributed by atoms with Crippen molar-refractivity contribution >= 4 is 38.7 Å². The van der Waals surface area contributed by atoms with Gasteiger partial charge in [-0.15, -0.1) is 0 Å². The average molecular weight is 440 g/mol. The minimum absolute atomic E-state index is 0.0226. The molecule has 0 fully saturated rings. The first kappa shape index (κ1) is 22.2. The molecule has 7 nitrogen and oxygen atoms in total. The van der Waals surface area contributed by atoms with Gasteiger partial charge in [0.2, 0.25) is 15.9 Å². The molecule has 0 aromatic heterocycles. The van der Waals surface area contributed by atoms with Crippen LogP contribution in [0.3, 0.4) is 0 Å². The predicted octanol–water partition coefficient (Wildman–Crippen LogP) is 4.60. The normalized spacial score (nSPS) is 11.1. The Morgan fingerprint density at radius 1 is 0.806 bits per heavy atom. The molecule has 0 atom stereocenters. The summed E-state index contributed by atoms with van der Waals surface area (Å²) in [6, 6.07) is 23.2. The van der Waals surface area contributed by atoms with Gasteiger partial charge in [0.05, 0.1) is 6.10 Å². The summed E-state index contributed by atoms with van der Waals surface area (Å²) >= 11 is 0. The highest BCUT2D eigenvalue weighted by atomic mass is 32.2. The van der Waals surface area contributed by atoms with E-state index in [9.17, 15) is 13.2 Å². The first-order valence-corrected chi connectivity index (χ1v) is 11.4. The second kappa shape index (κ2) is 9.99. The molecule has 3 N–H and O–H groups in total. The van der Waals surface area contributed by atoms with Crippen molar-refractivity contribution in [1.29, 1.82) is 0 Å². The Morgan fingerprint density at radius 2 is 1.35 bits per heavy atom. The molecule has 31 heavy (non-hydrogen) atoms. The first-order chi connectivity index (χ1) is 14.8. The van der Waals surface area contributed by atoms with E-state index in [0.717, 1.165) is 11.4 Å². The molecule has 162 valence electrons. The number of carbonyl (C=O) groups is 1. The van der Waals surface area contributed by atoms with E-state index in [1.54, 1.807) is 48.5 Å². The molecule has 0 saturated heterocycles. The Labute approximate surface area is 182 Å². The summed E-state index contributed by atoms with van der Waals surface area (Å²) in [6.45, 7) is 3.81. The van der Waals surface area contributed by atoms with Crippen molar-refractivity contribution in [2.24, 2.45) is 0 Å². The second-order valence-electron chi connectivity index (χ2n) is 7.17. The smallest absolute Gasteiger partial charge is 0.241 e. The van der Waals surface area contributed by atoms with Crippen molar-refractivity contribution < 1.29 is 17.9 Å². The van der Waals surface area contributed by atoms with Gasteiger partial charge in [0.15, 0.2) is 0 Å². The molecule has 8 heteroatoms. The summed E-state index contributed by atoms with van der Waals surface area (Å²) in [5, 5.41) is 5.84. The number of carbonyl (C=O) groups excluding carboxylic acids is 1. The third-order valence-electron chi connectivity index (χ3n) is 4.05. The van der Waals surface area contributed by atoms with Gasteiger partial charge in [0.25, 0.3) is 0 Å². The summed E-state index contributed by atoms with van der Waals surface area (Å²) in [4.78, 5) is 12.2. The summed E-state index contributed by atoms with van der Waals surface area (Å²) in [5.41, 5.74) is 2.66. The Balaban J connectivity index is 1.53. The highest BCUT2D eigenvalue weighted by Crippen LogP contribution is 2.20. The van der Waals surface area contributed by atoms with Crippen LogP contribution in [0.1, 0.15) is 13.8 Å². The maximum atomic E-state index is 12.3. The van der Waals surface area contributed by atoms with Gasteiger partial charge in [-0.05, 0) is 74.5 Å². The van der Waals surface area contributed by atoms with Crippen LogP contribution in [0, 0.1) is 0 Å². The zero-order valence-corrected chi connectivity index (χ0v) is 18.1. The Hall–Kier alpha value is -3.52.